The normalized spacial score (nSPS) is 17.5. The Hall–Kier alpha value is -0.220. The molecule has 0 unspecified atom stereocenters. The Balaban J connectivity index is 1.96. The molecule has 0 atom stereocenters. The van der Waals surface area contributed by atoms with Crippen LogP contribution in [0.4, 0.5) is 5.82 Å². The summed E-state index contributed by atoms with van der Waals surface area (Å²) in [7, 11) is 0. The topological polar surface area (TPSA) is 24.9 Å². The van der Waals surface area contributed by atoms with E-state index >= 15 is 0 Å². The maximum atomic E-state index is 4.34. The van der Waals surface area contributed by atoms with Crippen molar-refractivity contribution in [1.29, 1.82) is 0 Å². The molecule has 0 saturated heterocycles. The first-order chi connectivity index (χ1) is 7.15. The summed E-state index contributed by atoms with van der Waals surface area (Å²) in [4.78, 5) is 4.34. The highest BCUT2D eigenvalue weighted by atomic mass is 79.9. The van der Waals surface area contributed by atoms with Gasteiger partial charge in [-0.2, -0.15) is 11.8 Å². The SMILES string of the molecule is CSC1(CNc2cc(C)c(Br)cn2)CC1. The van der Waals surface area contributed by atoms with Gasteiger partial charge in [-0.05, 0) is 53.6 Å². The first-order valence-corrected chi connectivity index (χ1v) is 7.08. The molecule has 1 aliphatic carbocycles. The summed E-state index contributed by atoms with van der Waals surface area (Å²) >= 11 is 5.42. The lowest BCUT2D eigenvalue weighted by Crippen LogP contribution is -2.18. The number of hydrogen-bond acceptors (Lipinski definition) is 3. The molecule has 0 amide bonds. The molecule has 4 heteroatoms. The summed E-state index contributed by atoms with van der Waals surface area (Å²) in [5.74, 6) is 0.982. The smallest absolute Gasteiger partial charge is 0.126 e. The molecule has 1 saturated carbocycles. The van der Waals surface area contributed by atoms with Gasteiger partial charge in [0.15, 0.2) is 0 Å². The summed E-state index contributed by atoms with van der Waals surface area (Å²) in [5, 5.41) is 3.41. The molecule has 82 valence electrons. The van der Waals surface area contributed by atoms with Gasteiger partial charge in [-0.15, -0.1) is 0 Å². The Morgan fingerprint density at radius 2 is 2.33 bits per heavy atom. The van der Waals surface area contributed by atoms with Gasteiger partial charge in [-0.25, -0.2) is 4.98 Å². The molecule has 2 nitrogen and oxygen atoms in total. The van der Waals surface area contributed by atoms with Gasteiger partial charge in [0.25, 0.3) is 0 Å². The van der Waals surface area contributed by atoms with Crippen molar-refractivity contribution in [3.05, 3.63) is 22.3 Å². The number of rotatable bonds is 4. The van der Waals surface area contributed by atoms with Crippen molar-refractivity contribution < 1.29 is 0 Å². The van der Waals surface area contributed by atoms with Gasteiger partial charge in [-0.1, -0.05) is 0 Å². The molecule has 1 fully saturated rings. The van der Waals surface area contributed by atoms with Gasteiger partial charge in [0.2, 0.25) is 0 Å². The molecule has 0 spiro atoms. The second kappa shape index (κ2) is 4.34. The number of anilines is 1. The quantitative estimate of drug-likeness (QED) is 0.918. The largest absolute Gasteiger partial charge is 0.369 e. The summed E-state index contributed by atoms with van der Waals surface area (Å²) in [5.41, 5.74) is 1.22. The molecule has 1 aromatic heterocycles. The Morgan fingerprint density at radius 3 is 2.87 bits per heavy atom. The van der Waals surface area contributed by atoms with E-state index in [1.165, 1.54) is 18.4 Å². The van der Waals surface area contributed by atoms with Crippen LogP contribution < -0.4 is 5.32 Å². The third kappa shape index (κ3) is 2.67. The van der Waals surface area contributed by atoms with E-state index in [-0.39, 0.29) is 0 Å². The number of nitrogens with zero attached hydrogens (tertiary/aromatic N) is 1. The van der Waals surface area contributed by atoms with Crippen LogP contribution in [-0.4, -0.2) is 22.5 Å². The van der Waals surface area contributed by atoms with Crippen molar-refractivity contribution in [3.63, 3.8) is 0 Å². The minimum atomic E-state index is 0.489. The highest BCUT2D eigenvalue weighted by Gasteiger charge is 2.41. The zero-order chi connectivity index (χ0) is 10.9. The van der Waals surface area contributed by atoms with Crippen LogP contribution in [0, 0.1) is 6.92 Å². The van der Waals surface area contributed by atoms with Gasteiger partial charge >= 0.3 is 0 Å². The van der Waals surface area contributed by atoms with Crippen LogP contribution in [0.1, 0.15) is 18.4 Å². The maximum absolute atomic E-state index is 4.34. The van der Waals surface area contributed by atoms with Crippen molar-refractivity contribution in [2.24, 2.45) is 0 Å². The number of pyridine rings is 1. The zero-order valence-corrected chi connectivity index (χ0v) is 11.4. The standard InChI is InChI=1S/C11H15BrN2S/c1-8-5-10(13-6-9(8)12)14-7-11(15-2)3-4-11/h5-6H,3-4,7H2,1-2H3,(H,13,14). The van der Waals surface area contributed by atoms with Crippen LogP contribution in [0.25, 0.3) is 0 Å². The second-order valence-electron chi connectivity index (χ2n) is 4.06. The van der Waals surface area contributed by atoms with E-state index in [4.69, 9.17) is 0 Å². The van der Waals surface area contributed by atoms with E-state index < -0.39 is 0 Å². The van der Waals surface area contributed by atoms with Crippen molar-refractivity contribution in [2.75, 3.05) is 18.1 Å². The van der Waals surface area contributed by atoms with E-state index in [0.717, 1.165) is 16.8 Å². The number of aryl methyl sites for hydroxylation is 1. The average molecular weight is 287 g/mol. The second-order valence-corrected chi connectivity index (χ2v) is 6.19. The van der Waals surface area contributed by atoms with Gasteiger partial charge < -0.3 is 5.32 Å². The molecule has 0 aromatic carbocycles. The lowest BCUT2D eigenvalue weighted by atomic mass is 10.3. The number of hydrogen-bond donors (Lipinski definition) is 1. The monoisotopic (exact) mass is 286 g/mol. The Bertz CT molecular complexity index is 364. The summed E-state index contributed by atoms with van der Waals surface area (Å²) in [6.45, 7) is 3.11. The Kier molecular flexibility index (Phi) is 3.26. The van der Waals surface area contributed by atoms with Crippen LogP contribution in [0.2, 0.25) is 0 Å². The minimum Gasteiger partial charge on any atom is -0.369 e. The molecule has 15 heavy (non-hydrogen) atoms. The molecule has 0 radical (unpaired) electrons. The van der Waals surface area contributed by atoms with Gasteiger partial charge in [0.1, 0.15) is 5.82 Å². The average Bonchev–Trinajstić information content (AvgIpc) is 3.01. The number of aromatic nitrogens is 1. The predicted octanol–water partition coefficient (Wildman–Crippen LogP) is 3.46. The fourth-order valence-corrected chi connectivity index (χ4v) is 2.42. The van der Waals surface area contributed by atoms with Crippen LogP contribution in [0.5, 0.6) is 0 Å². The van der Waals surface area contributed by atoms with Crippen LogP contribution in [0.3, 0.4) is 0 Å². The van der Waals surface area contributed by atoms with E-state index in [1.54, 1.807) is 0 Å². The van der Waals surface area contributed by atoms with Gasteiger partial charge in [-0.3, -0.25) is 0 Å². The summed E-state index contributed by atoms with van der Waals surface area (Å²) in [6.07, 6.45) is 6.71. The molecule has 1 aliphatic rings. The molecular weight excluding hydrogens is 272 g/mol. The minimum absolute atomic E-state index is 0.489. The third-order valence-corrected chi connectivity index (χ3v) is 5.13. The number of nitrogens with one attached hydrogen (secondary N) is 1. The number of halogens is 1. The Morgan fingerprint density at radius 1 is 1.60 bits per heavy atom. The summed E-state index contributed by atoms with van der Waals surface area (Å²) < 4.78 is 1.56. The van der Waals surface area contributed by atoms with Crippen molar-refractivity contribution in [1.82, 2.24) is 4.98 Å². The van der Waals surface area contributed by atoms with Gasteiger partial charge in [0, 0.05) is 22.0 Å². The zero-order valence-electron chi connectivity index (χ0n) is 9.01. The van der Waals surface area contributed by atoms with E-state index in [2.05, 4.69) is 45.5 Å². The Labute approximate surface area is 103 Å². The first kappa shape index (κ1) is 11.3. The van der Waals surface area contributed by atoms with Crippen molar-refractivity contribution >= 4 is 33.5 Å². The molecule has 1 heterocycles. The molecule has 2 rings (SSSR count). The highest BCUT2D eigenvalue weighted by Crippen LogP contribution is 2.46. The van der Waals surface area contributed by atoms with Crippen molar-refractivity contribution in [3.8, 4) is 0 Å². The molecule has 1 N–H and O–H groups in total. The molecular formula is C11H15BrN2S. The van der Waals surface area contributed by atoms with Crippen LogP contribution >= 0.6 is 27.7 Å². The maximum Gasteiger partial charge on any atom is 0.126 e. The lowest BCUT2D eigenvalue weighted by Gasteiger charge is -2.13. The van der Waals surface area contributed by atoms with Crippen molar-refractivity contribution in [2.45, 2.75) is 24.5 Å². The fraction of sp³-hybridized carbons (Fsp3) is 0.545. The number of thioether (sulfide) groups is 1. The lowest BCUT2D eigenvalue weighted by molar-refractivity contribution is 0.939. The highest BCUT2D eigenvalue weighted by molar-refractivity contribution is 9.10. The summed E-state index contributed by atoms with van der Waals surface area (Å²) in [6, 6.07) is 2.08. The van der Waals surface area contributed by atoms with E-state index in [9.17, 15) is 0 Å². The predicted molar refractivity (Wildman–Crippen MR) is 70.6 cm³/mol. The first-order valence-electron chi connectivity index (χ1n) is 5.06. The van der Waals surface area contributed by atoms with E-state index in [0.29, 0.717) is 4.75 Å². The van der Waals surface area contributed by atoms with Crippen LogP contribution in [-0.2, 0) is 0 Å². The van der Waals surface area contributed by atoms with E-state index in [1.807, 2.05) is 18.0 Å². The fourth-order valence-electron chi connectivity index (χ4n) is 1.48. The van der Waals surface area contributed by atoms with Gasteiger partial charge in [0.05, 0.1) is 0 Å². The molecule has 0 bridgehead atoms. The third-order valence-electron chi connectivity index (χ3n) is 2.88. The molecule has 1 aromatic rings. The van der Waals surface area contributed by atoms with Crippen LogP contribution in [0.15, 0.2) is 16.7 Å². The molecule has 0 aliphatic heterocycles.